The molecule has 0 radical (unpaired) electrons. The van der Waals surface area contributed by atoms with Crippen molar-refractivity contribution in [2.45, 2.75) is 25.6 Å². The van der Waals surface area contributed by atoms with Crippen LogP contribution < -0.4 is 0 Å². The van der Waals surface area contributed by atoms with E-state index in [1.807, 2.05) is 0 Å². The van der Waals surface area contributed by atoms with Gasteiger partial charge in [0, 0.05) is 13.1 Å². The molecule has 14 heavy (non-hydrogen) atoms. The minimum absolute atomic E-state index is 0.919. The van der Waals surface area contributed by atoms with E-state index in [0.717, 1.165) is 26.3 Å². The normalized spacial score (nSPS) is 19.6. The van der Waals surface area contributed by atoms with Gasteiger partial charge in [-0.15, -0.1) is 12.3 Å². The molecule has 0 saturated carbocycles. The fourth-order valence-electron chi connectivity index (χ4n) is 1.69. The topological polar surface area (TPSA) is 12.5 Å². The maximum absolute atomic E-state index is 5.32. The molecule has 0 aromatic rings. The second-order valence-corrected chi connectivity index (χ2v) is 9.64. The fraction of sp³-hybridized carbons (Fsp3) is 0.818. The maximum Gasteiger partial charge on any atom is 0.0710 e. The Kier molecular flexibility index (Phi) is 4.85. The van der Waals surface area contributed by atoms with Gasteiger partial charge in [0.25, 0.3) is 0 Å². The Labute approximate surface area is 88.9 Å². The molecule has 0 aromatic carbocycles. The van der Waals surface area contributed by atoms with Crippen LogP contribution in [0.3, 0.4) is 0 Å². The molecule has 0 aromatic heterocycles. The van der Waals surface area contributed by atoms with Crippen molar-refractivity contribution in [1.82, 2.24) is 4.90 Å². The van der Waals surface area contributed by atoms with Crippen molar-refractivity contribution < 1.29 is 4.74 Å². The third-order valence-electron chi connectivity index (χ3n) is 2.95. The monoisotopic (exact) mass is 213 g/mol. The molecule has 0 bridgehead atoms. The lowest BCUT2D eigenvalue weighted by atomic mass is 10.3. The second kappa shape index (κ2) is 5.68. The molecule has 0 unspecified atom stereocenters. The van der Waals surface area contributed by atoms with Gasteiger partial charge in [0.15, 0.2) is 0 Å². The third kappa shape index (κ3) is 4.40. The summed E-state index contributed by atoms with van der Waals surface area (Å²) in [6.45, 7) is 14.0. The van der Waals surface area contributed by atoms with Crippen molar-refractivity contribution in [3.05, 3.63) is 12.3 Å². The number of morpholine rings is 1. The number of rotatable bonds is 5. The van der Waals surface area contributed by atoms with E-state index in [9.17, 15) is 0 Å². The molecule has 1 saturated heterocycles. The van der Waals surface area contributed by atoms with Crippen molar-refractivity contribution in [1.29, 1.82) is 0 Å². The van der Waals surface area contributed by atoms with Crippen molar-refractivity contribution in [3.8, 4) is 0 Å². The first kappa shape index (κ1) is 11.9. The van der Waals surface area contributed by atoms with Gasteiger partial charge in [-0.3, -0.25) is 4.90 Å². The van der Waals surface area contributed by atoms with E-state index in [-0.39, 0.29) is 0 Å². The van der Waals surface area contributed by atoms with E-state index in [2.05, 4.69) is 30.3 Å². The predicted octanol–water partition coefficient (Wildman–Crippen LogP) is 2.14. The molecule has 1 aliphatic rings. The van der Waals surface area contributed by atoms with Crippen LogP contribution in [0.4, 0.5) is 0 Å². The zero-order valence-electron chi connectivity index (χ0n) is 9.59. The summed E-state index contributed by atoms with van der Waals surface area (Å²) in [6.07, 6.45) is 1.32. The first-order valence-corrected chi connectivity index (χ1v) is 8.86. The molecular weight excluding hydrogens is 190 g/mol. The van der Waals surface area contributed by atoms with E-state index in [1.165, 1.54) is 19.0 Å². The van der Waals surface area contributed by atoms with Crippen LogP contribution in [0.15, 0.2) is 12.3 Å². The average molecular weight is 213 g/mol. The standard InChI is InChI=1S/C11H23NOSi/c1-4-14(2,3)11-5-6-12-7-9-13-10-8-12/h4H,1,5-11H2,2-3H3. The molecule has 1 aliphatic heterocycles. The van der Waals surface area contributed by atoms with Gasteiger partial charge >= 0.3 is 0 Å². The van der Waals surface area contributed by atoms with Crippen LogP contribution in [0.25, 0.3) is 0 Å². The third-order valence-corrected chi connectivity index (χ3v) is 5.70. The minimum atomic E-state index is -1.06. The van der Waals surface area contributed by atoms with E-state index >= 15 is 0 Å². The molecule has 0 N–H and O–H groups in total. The minimum Gasteiger partial charge on any atom is -0.379 e. The Balaban J connectivity index is 2.11. The lowest BCUT2D eigenvalue weighted by molar-refractivity contribution is 0.0379. The zero-order chi connectivity index (χ0) is 10.4. The van der Waals surface area contributed by atoms with Crippen LogP contribution in [0, 0.1) is 0 Å². The van der Waals surface area contributed by atoms with Gasteiger partial charge in [0.05, 0.1) is 21.3 Å². The average Bonchev–Trinajstić information content (AvgIpc) is 2.19. The highest BCUT2D eigenvalue weighted by atomic mass is 28.3. The van der Waals surface area contributed by atoms with Crippen molar-refractivity contribution >= 4 is 8.07 Å². The smallest absolute Gasteiger partial charge is 0.0710 e. The van der Waals surface area contributed by atoms with Crippen LogP contribution in [-0.4, -0.2) is 45.8 Å². The van der Waals surface area contributed by atoms with E-state index in [0.29, 0.717) is 0 Å². The molecular formula is C11H23NOSi. The Hall–Kier alpha value is -0.123. The lowest BCUT2D eigenvalue weighted by Gasteiger charge is -2.27. The molecule has 1 rings (SSSR count). The Morgan fingerprint density at radius 3 is 2.57 bits per heavy atom. The molecule has 1 heterocycles. The largest absolute Gasteiger partial charge is 0.379 e. The summed E-state index contributed by atoms with van der Waals surface area (Å²) >= 11 is 0. The second-order valence-electron chi connectivity index (χ2n) is 4.75. The summed E-state index contributed by atoms with van der Waals surface area (Å²) in [5.74, 6) is 0. The summed E-state index contributed by atoms with van der Waals surface area (Å²) in [4.78, 5) is 2.51. The van der Waals surface area contributed by atoms with E-state index in [1.54, 1.807) is 0 Å². The highest BCUT2D eigenvalue weighted by Crippen LogP contribution is 2.13. The van der Waals surface area contributed by atoms with Crippen molar-refractivity contribution in [2.75, 3.05) is 32.8 Å². The number of hydrogen-bond acceptors (Lipinski definition) is 2. The van der Waals surface area contributed by atoms with Gasteiger partial charge in [-0.2, -0.15) is 0 Å². The number of hydrogen-bond donors (Lipinski definition) is 0. The summed E-state index contributed by atoms with van der Waals surface area (Å²) < 4.78 is 5.32. The van der Waals surface area contributed by atoms with Gasteiger partial charge < -0.3 is 4.74 Å². The predicted molar refractivity (Wildman–Crippen MR) is 64.4 cm³/mol. The highest BCUT2D eigenvalue weighted by Gasteiger charge is 2.16. The first-order valence-electron chi connectivity index (χ1n) is 5.58. The van der Waals surface area contributed by atoms with Gasteiger partial charge in [0.2, 0.25) is 0 Å². The van der Waals surface area contributed by atoms with Gasteiger partial charge in [0.1, 0.15) is 0 Å². The Morgan fingerprint density at radius 2 is 2.00 bits per heavy atom. The fourth-order valence-corrected chi connectivity index (χ4v) is 2.96. The Morgan fingerprint density at radius 1 is 1.36 bits per heavy atom. The molecule has 2 nitrogen and oxygen atoms in total. The van der Waals surface area contributed by atoms with Gasteiger partial charge in [-0.1, -0.05) is 19.1 Å². The SMILES string of the molecule is C=C[Si](C)(C)CCCN1CCOCC1. The highest BCUT2D eigenvalue weighted by molar-refractivity contribution is 6.82. The van der Waals surface area contributed by atoms with Crippen LogP contribution >= 0.6 is 0 Å². The van der Waals surface area contributed by atoms with Crippen LogP contribution in [0.2, 0.25) is 19.1 Å². The van der Waals surface area contributed by atoms with Gasteiger partial charge in [-0.05, 0) is 13.0 Å². The van der Waals surface area contributed by atoms with Crippen LogP contribution in [-0.2, 0) is 4.74 Å². The number of nitrogens with zero attached hydrogens (tertiary/aromatic N) is 1. The summed E-state index contributed by atoms with van der Waals surface area (Å²) in [5.41, 5.74) is 2.20. The summed E-state index contributed by atoms with van der Waals surface area (Å²) in [6, 6.07) is 1.37. The van der Waals surface area contributed by atoms with Crippen LogP contribution in [0.5, 0.6) is 0 Å². The lowest BCUT2D eigenvalue weighted by Crippen LogP contribution is -2.37. The first-order chi connectivity index (χ1) is 6.64. The molecule has 0 amide bonds. The molecule has 0 spiro atoms. The van der Waals surface area contributed by atoms with Crippen LogP contribution in [0.1, 0.15) is 6.42 Å². The maximum atomic E-state index is 5.32. The molecule has 1 fully saturated rings. The van der Waals surface area contributed by atoms with Crippen molar-refractivity contribution in [3.63, 3.8) is 0 Å². The Bertz CT molecular complexity index is 176. The molecule has 0 atom stereocenters. The van der Waals surface area contributed by atoms with E-state index in [4.69, 9.17) is 4.74 Å². The molecule has 0 aliphatic carbocycles. The molecule has 3 heteroatoms. The summed E-state index contributed by atoms with van der Waals surface area (Å²) in [7, 11) is -1.06. The van der Waals surface area contributed by atoms with Gasteiger partial charge in [-0.25, -0.2) is 0 Å². The number of ether oxygens (including phenoxy) is 1. The quantitative estimate of drug-likeness (QED) is 0.649. The molecule has 82 valence electrons. The zero-order valence-corrected chi connectivity index (χ0v) is 10.6. The van der Waals surface area contributed by atoms with Crippen molar-refractivity contribution in [2.24, 2.45) is 0 Å². The van der Waals surface area contributed by atoms with E-state index < -0.39 is 8.07 Å². The summed E-state index contributed by atoms with van der Waals surface area (Å²) in [5, 5.41) is 0.